The van der Waals surface area contributed by atoms with Crippen molar-refractivity contribution in [2.45, 2.75) is 69.8 Å². The predicted octanol–water partition coefficient (Wildman–Crippen LogP) is 3.82. The quantitative estimate of drug-likeness (QED) is 0.683. The fourth-order valence-electron chi connectivity index (χ4n) is 5.74. The summed E-state index contributed by atoms with van der Waals surface area (Å²) in [7, 11) is 0. The van der Waals surface area contributed by atoms with Crippen molar-refractivity contribution in [2.24, 2.45) is 5.92 Å². The molecule has 2 aromatic heterocycles. The van der Waals surface area contributed by atoms with Gasteiger partial charge in [0.05, 0.1) is 12.3 Å². The molecular weight excluding hydrogens is 404 g/mol. The van der Waals surface area contributed by atoms with Crippen LogP contribution in [-0.2, 0) is 14.3 Å². The Morgan fingerprint density at radius 3 is 2.50 bits per heavy atom. The number of nitrogens with zero attached hydrogens (tertiary/aromatic N) is 4. The zero-order chi connectivity index (χ0) is 22.1. The Bertz CT molecular complexity index is 996. The summed E-state index contributed by atoms with van der Waals surface area (Å²) < 4.78 is 5.77. The predicted molar refractivity (Wildman–Crippen MR) is 119 cm³/mol. The van der Waals surface area contributed by atoms with E-state index in [1.54, 1.807) is 0 Å². The van der Waals surface area contributed by atoms with Gasteiger partial charge in [-0.1, -0.05) is 6.42 Å². The van der Waals surface area contributed by atoms with Crippen LogP contribution in [0.15, 0.2) is 30.9 Å². The number of carbonyl (C=O) groups excluding carboxylic acids is 2. The van der Waals surface area contributed by atoms with Crippen LogP contribution < -0.4 is 0 Å². The third-order valence-electron chi connectivity index (χ3n) is 7.41. The van der Waals surface area contributed by atoms with Crippen molar-refractivity contribution in [3.05, 3.63) is 42.2 Å². The zero-order valence-electron chi connectivity index (χ0n) is 18.6. The van der Waals surface area contributed by atoms with E-state index >= 15 is 0 Å². The first-order valence-corrected chi connectivity index (χ1v) is 11.8. The molecule has 168 valence electrons. The van der Waals surface area contributed by atoms with Crippen molar-refractivity contribution in [2.75, 3.05) is 13.1 Å². The summed E-state index contributed by atoms with van der Waals surface area (Å²) in [5.74, 6) is -0.0990. The summed E-state index contributed by atoms with van der Waals surface area (Å²) in [6.07, 6.45) is 12.0. The summed E-state index contributed by atoms with van der Waals surface area (Å²) in [6.45, 7) is 3.41. The lowest BCUT2D eigenvalue weighted by molar-refractivity contribution is -0.156. The molecule has 1 unspecified atom stereocenters. The van der Waals surface area contributed by atoms with E-state index in [0.29, 0.717) is 19.0 Å². The van der Waals surface area contributed by atoms with Crippen LogP contribution in [0.4, 0.5) is 0 Å². The molecule has 7 heteroatoms. The second-order valence-electron chi connectivity index (χ2n) is 9.50. The molecule has 0 aromatic carbocycles. The average molecular weight is 435 g/mol. The van der Waals surface area contributed by atoms with Crippen LogP contribution in [0.1, 0.15) is 68.7 Å². The van der Waals surface area contributed by atoms with E-state index < -0.39 is 5.60 Å². The molecule has 1 amide bonds. The third kappa shape index (κ3) is 4.00. The molecule has 1 spiro atoms. The van der Waals surface area contributed by atoms with Crippen molar-refractivity contribution < 1.29 is 14.3 Å². The molecule has 2 aliphatic heterocycles. The molecule has 3 fully saturated rings. The number of aryl methyl sites for hydroxylation is 1. The molecule has 1 aliphatic carbocycles. The van der Waals surface area contributed by atoms with Crippen LogP contribution in [0.2, 0.25) is 0 Å². The SMILES string of the molecule is Cc1cc(-c2cncnc2)cc(C2CCN(C(=O)C3CC(=O)OC34CCCCC4)CC2)n1. The molecule has 2 saturated heterocycles. The second kappa shape index (κ2) is 8.60. The Kier molecular flexibility index (Phi) is 5.66. The lowest BCUT2D eigenvalue weighted by atomic mass is 9.75. The van der Waals surface area contributed by atoms with Crippen LogP contribution in [0.5, 0.6) is 0 Å². The number of carbonyl (C=O) groups is 2. The van der Waals surface area contributed by atoms with Crippen LogP contribution in [0.25, 0.3) is 11.1 Å². The van der Waals surface area contributed by atoms with E-state index in [0.717, 1.165) is 67.5 Å². The number of hydrogen-bond acceptors (Lipinski definition) is 6. The molecule has 1 atom stereocenters. The number of esters is 1. The molecule has 1 saturated carbocycles. The summed E-state index contributed by atoms with van der Waals surface area (Å²) in [6, 6.07) is 4.19. The lowest BCUT2D eigenvalue weighted by Crippen LogP contribution is -2.49. The van der Waals surface area contributed by atoms with E-state index in [2.05, 4.69) is 22.1 Å². The van der Waals surface area contributed by atoms with Gasteiger partial charge in [0.1, 0.15) is 11.9 Å². The van der Waals surface area contributed by atoms with Gasteiger partial charge < -0.3 is 9.64 Å². The number of aromatic nitrogens is 3. The van der Waals surface area contributed by atoms with Crippen LogP contribution in [0, 0.1) is 12.8 Å². The minimum Gasteiger partial charge on any atom is -0.458 e. The number of rotatable bonds is 3. The van der Waals surface area contributed by atoms with Crippen LogP contribution >= 0.6 is 0 Å². The maximum atomic E-state index is 13.4. The highest BCUT2D eigenvalue weighted by Gasteiger charge is 2.53. The number of pyridine rings is 1. The summed E-state index contributed by atoms with van der Waals surface area (Å²) >= 11 is 0. The van der Waals surface area contributed by atoms with Gasteiger partial charge in [0.15, 0.2) is 0 Å². The van der Waals surface area contributed by atoms with E-state index in [-0.39, 0.29) is 24.2 Å². The molecule has 0 N–H and O–H groups in total. The Morgan fingerprint density at radius 1 is 1.06 bits per heavy atom. The Balaban J connectivity index is 1.28. The smallest absolute Gasteiger partial charge is 0.307 e. The van der Waals surface area contributed by atoms with E-state index in [1.807, 2.05) is 24.2 Å². The Morgan fingerprint density at radius 2 is 1.78 bits per heavy atom. The fraction of sp³-hybridized carbons (Fsp3) is 0.560. The molecule has 2 aromatic rings. The molecule has 4 heterocycles. The highest BCUT2D eigenvalue weighted by Crippen LogP contribution is 2.45. The first-order valence-electron chi connectivity index (χ1n) is 11.8. The van der Waals surface area contributed by atoms with Gasteiger partial charge in [-0.2, -0.15) is 0 Å². The maximum absolute atomic E-state index is 13.4. The van der Waals surface area contributed by atoms with Crippen LogP contribution in [-0.4, -0.2) is 50.4 Å². The summed E-state index contributed by atoms with van der Waals surface area (Å²) in [4.78, 5) is 40.6. The molecule has 5 rings (SSSR count). The van der Waals surface area contributed by atoms with Crippen LogP contribution in [0.3, 0.4) is 0 Å². The third-order valence-corrected chi connectivity index (χ3v) is 7.41. The standard InChI is InChI=1S/C25H30N4O3/c1-17-11-19(20-14-26-16-27-15-20)12-22(28-17)18-5-9-29(10-6-18)24(31)21-13-23(30)32-25(21)7-3-2-4-8-25/h11-12,14-16,18,21H,2-10,13H2,1H3. The van der Waals surface area contributed by atoms with Gasteiger partial charge in [-0.15, -0.1) is 0 Å². The molecule has 0 bridgehead atoms. The van der Waals surface area contributed by atoms with Gasteiger partial charge in [-0.05, 0) is 63.1 Å². The monoisotopic (exact) mass is 434 g/mol. The first-order chi connectivity index (χ1) is 15.5. The number of ether oxygens (including phenoxy) is 1. The first kappa shape index (κ1) is 21.0. The minimum absolute atomic E-state index is 0.107. The Hall–Kier alpha value is -2.83. The topological polar surface area (TPSA) is 85.3 Å². The van der Waals surface area contributed by atoms with Crippen molar-refractivity contribution in [1.82, 2.24) is 19.9 Å². The van der Waals surface area contributed by atoms with Crippen molar-refractivity contribution in [3.8, 4) is 11.1 Å². The summed E-state index contributed by atoms with van der Waals surface area (Å²) in [5, 5.41) is 0. The molecule has 3 aliphatic rings. The molecule has 0 radical (unpaired) electrons. The number of piperidine rings is 1. The van der Waals surface area contributed by atoms with Gasteiger partial charge in [0.25, 0.3) is 0 Å². The van der Waals surface area contributed by atoms with Gasteiger partial charge in [0.2, 0.25) is 5.91 Å². The lowest BCUT2D eigenvalue weighted by Gasteiger charge is -2.40. The molecule has 32 heavy (non-hydrogen) atoms. The van der Waals surface area contributed by atoms with Crippen molar-refractivity contribution in [1.29, 1.82) is 0 Å². The van der Waals surface area contributed by atoms with Gasteiger partial charge >= 0.3 is 5.97 Å². The number of likely N-dealkylation sites (tertiary alicyclic amines) is 1. The highest BCUT2D eigenvalue weighted by molar-refractivity contribution is 5.88. The van der Waals surface area contributed by atoms with Crippen molar-refractivity contribution >= 4 is 11.9 Å². The minimum atomic E-state index is -0.548. The van der Waals surface area contributed by atoms with E-state index in [1.165, 1.54) is 6.33 Å². The number of hydrogen-bond donors (Lipinski definition) is 0. The van der Waals surface area contributed by atoms with Gasteiger partial charge in [-0.25, -0.2) is 9.97 Å². The largest absolute Gasteiger partial charge is 0.458 e. The normalized spacial score (nSPS) is 23.3. The second-order valence-corrected chi connectivity index (χ2v) is 9.50. The number of amides is 1. The maximum Gasteiger partial charge on any atom is 0.307 e. The Labute approximate surface area is 188 Å². The zero-order valence-corrected chi connectivity index (χ0v) is 18.6. The van der Waals surface area contributed by atoms with E-state index in [4.69, 9.17) is 9.72 Å². The molecular formula is C25H30N4O3. The van der Waals surface area contributed by atoms with Gasteiger partial charge in [-0.3, -0.25) is 14.6 Å². The van der Waals surface area contributed by atoms with Crippen molar-refractivity contribution in [3.63, 3.8) is 0 Å². The van der Waals surface area contributed by atoms with Gasteiger partial charge in [0, 0.05) is 48.4 Å². The average Bonchev–Trinajstić information content (AvgIpc) is 3.14. The molecule has 7 nitrogen and oxygen atoms in total. The summed E-state index contributed by atoms with van der Waals surface area (Å²) in [5.41, 5.74) is 3.55. The fourth-order valence-corrected chi connectivity index (χ4v) is 5.74. The van der Waals surface area contributed by atoms with E-state index in [9.17, 15) is 9.59 Å². The highest BCUT2D eigenvalue weighted by atomic mass is 16.6.